The lowest BCUT2D eigenvalue weighted by Gasteiger charge is -2.16. The van der Waals surface area contributed by atoms with Crippen LogP contribution >= 0.6 is 0 Å². The molecular weight excluding hydrogens is 298 g/mol. The highest BCUT2D eigenvalue weighted by atomic mass is 28.3. The zero-order valence-electron chi connectivity index (χ0n) is 13.7. The van der Waals surface area contributed by atoms with Crippen molar-refractivity contribution in [2.24, 2.45) is 0 Å². The summed E-state index contributed by atoms with van der Waals surface area (Å²) in [6.07, 6.45) is 3.70. The molecule has 0 bridgehead atoms. The Morgan fingerprint density at radius 3 is 1.64 bits per heavy atom. The van der Waals surface area contributed by atoms with Gasteiger partial charge < -0.3 is 0 Å². The van der Waals surface area contributed by atoms with E-state index in [0.29, 0.717) is 6.54 Å². The highest BCUT2D eigenvalue weighted by Gasteiger charge is 2.16. The molecule has 0 N–H and O–H groups in total. The van der Waals surface area contributed by atoms with Gasteiger partial charge in [-0.05, 0) is 6.42 Å². The van der Waals surface area contributed by atoms with Crippen molar-refractivity contribution >= 4 is 8.07 Å². The first-order valence-corrected chi connectivity index (χ1v) is 11.1. The molecule has 1 heterocycles. The molecule has 22 heavy (non-hydrogen) atoms. The van der Waals surface area contributed by atoms with Gasteiger partial charge in [-0.2, -0.15) is 0 Å². The lowest BCUT2D eigenvalue weighted by molar-refractivity contribution is 0.475. The van der Waals surface area contributed by atoms with Gasteiger partial charge in [0.1, 0.15) is 0 Å². The summed E-state index contributed by atoms with van der Waals surface area (Å²) < 4.78 is 3.22. The van der Waals surface area contributed by atoms with Crippen LogP contribution in [0.5, 0.6) is 0 Å². The summed E-state index contributed by atoms with van der Waals surface area (Å²) in [7, 11) is -1.24. The highest BCUT2D eigenvalue weighted by molar-refractivity contribution is 6.76. The Labute approximate surface area is 131 Å². The molecule has 1 rings (SSSR count). The Morgan fingerprint density at radius 2 is 1.27 bits per heavy atom. The predicted molar refractivity (Wildman–Crippen MR) is 92.4 cm³/mol. The van der Waals surface area contributed by atoms with Crippen molar-refractivity contribution < 1.29 is 0 Å². The van der Waals surface area contributed by atoms with Crippen molar-refractivity contribution in [2.75, 3.05) is 0 Å². The van der Waals surface area contributed by atoms with Crippen molar-refractivity contribution in [3.05, 3.63) is 56.8 Å². The number of aromatic nitrogens is 3. The molecule has 6 nitrogen and oxygen atoms in total. The standard InChI is InChI=1S/C15H25N3O3Si/c1-6-9-16-13(19)17(10-7-2)15(21)18(14(16)20)11-8-12-22(3,4)5/h6-7H,1-2,8-12H2,3-5H3. The van der Waals surface area contributed by atoms with Crippen LogP contribution in [0, 0.1) is 0 Å². The maximum absolute atomic E-state index is 12.4. The summed E-state index contributed by atoms with van der Waals surface area (Å²) in [5.74, 6) is 0. The SMILES string of the molecule is C=CCn1c(=O)n(CC=C)c(=O)n(CCC[Si](C)(C)C)c1=O. The van der Waals surface area contributed by atoms with Crippen molar-refractivity contribution in [2.45, 2.75) is 51.7 Å². The number of hydrogen-bond acceptors (Lipinski definition) is 3. The van der Waals surface area contributed by atoms with E-state index in [-0.39, 0.29) is 13.1 Å². The number of nitrogens with zero attached hydrogens (tertiary/aromatic N) is 3. The molecule has 1 aromatic heterocycles. The van der Waals surface area contributed by atoms with E-state index >= 15 is 0 Å². The van der Waals surface area contributed by atoms with Gasteiger partial charge in [0.15, 0.2) is 0 Å². The Morgan fingerprint density at radius 1 is 0.864 bits per heavy atom. The fourth-order valence-corrected chi connectivity index (χ4v) is 3.43. The van der Waals surface area contributed by atoms with E-state index < -0.39 is 25.1 Å². The molecule has 1 aromatic rings. The molecule has 0 aliphatic carbocycles. The lowest BCUT2D eigenvalue weighted by atomic mass is 10.4. The average Bonchev–Trinajstić information content (AvgIpc) is 2.42. The van der Waals surface area contributed by atoms with Gasteiger partial charge in [-0.3, -0.25) is 0 Å². The first-order valence-electron chi connectivity index (χ1n) is 7.39. The summed E-state index contributed by atoms with van der Waals surface area (Å²) >= 11 is 0. The quantitative estimate of drug-likeness (QED) is 0.534. The Hall–Kier alpha value is -1.89. The molecule has 0 radical (unpaired) electrons. The largest absolute Gasteiger partial charge is 0.336 e. The summed E-state index contributed by atoms with van der Waals surface area (Å²) in [5, 5.41) is 0. The number of rotatable bonds is 8. The number of hydrogen-bond donors (Lipinski definition) is 0. The average molecular weight is 323 g/mol. The van der Waals surface area contributed by atoms with E-state index in [1.165, 1.54) is 12.2 Å². The van der Waals surface area contributed by atoms with Crippen LogP contribution in [-0.2, 0) is 19.6 Å². The minimum Gasteiger partial charge on any atom is -0.247 e. The third-order valence-corrected chi connectivity index (χ3v) is 5.17. The molecule has 0 spiro atoms. The lowest BCUT2D eigenvalue weighted by Crippen LogP contribution is -2.54. The van der Waals surface area contributed by atoms with E-state index in [4.69, 9.17) is 0 Å². The van der Waals surface area contributed by atoms with Crippen LogP contribution in [0.4, 0.5) is 0 Å². The first-order chi connectivity index (χ1) is 10.2. The van der Waals surface area contributed by atoms with Gasteiger partial charge in [-0.25, -0.2) is 28.1 Å². The molecule has 0 atom stereocenters. The molecule has 0 aliphatic rings. The van der Waals surface area contributed by atoms with Gasteiger partial charge in [0, 0.05) is 14.6 Å². The van der Waals surface area contributed by atoms with Gasteiger partial charge in [-0.1, -0.05) is 37.8 Å². The van der Waals surface area contributed by atoms with E-state index in [1.54, 1.807) is 0 Å². The van der Waals surface area contributed by atoms with E-state index in [1.807, 2.05) is 0 Å². The fourth-order valence-electron chi connectivity index (χ4n) is 2.21. The van der Waals surface area contributed by atoms with Crippen molar-refractivity contribution in [3.63, 3.8) is 0 Å². The smallest absolute Gasteiger partial charge is 0.247 e. The maximum Gasteiger partial charge on any atom is 0.336 e. The van der Waals surface area contributed by atoms with E-state index in [0.717, 1.165) is 26.2 Å². The second kappa shape index (κ2) is 7.39. The predicted octanol–water partition coefficient (Wildman–Crippen LogP) is 1.27. The zero-order valence-corrected chi connectivity index (χ0v) is 14.7. The fraction of sp³-hybridized carbons (Fsp3) is 0.533. The molecule has 7 heteroatoms. The Kier molecular flexibility index (Phi) is 6.10. The van der Waals surface area contributed by atoms with Gasteiger partial charge in [-0.15, -0.1) is 13.2 Å². The molecule has 0 saturated carbocycles. The van der Waals surface area contributed by atoms with Crippen LogP contribution in [0.1, 0.15) is 6.42 Å². The van der Waals surface area contributed by atoms with Crippen LogP contribution in [0.25, 0.3) is 0 Å². The monoisotopic (exact) mass is 323 g/mol. The first kappa shape index (κ1) is 18.2. The minimum absolute atomic E-state index is 0.0864. The second-order valence-corrected chi connectivity index (χ2v) is 12.1. The Balaban J connectivity index is 3.34. The molecule has 0 saturated heterocycles. The van der Waals surface area contributed by atoms with Gasteiger partial charge >= 0.3 is 17.1 Å². The number of allylic oxidation sites excluding steroid dienone is 2. The van der Waals surface area contributed by atoms with Gasteiger partial charge in [0.25, 0.3) is 0 Å². The van der Waals surface area contributed by atoms with E-state index in [9.17, 15) is 14.4 Å². The molecule has 122 valence electrons. The molecule has 0 fully saturated rings. The molecule has 0 amide bonds. The zero-order chi connectivity index (χ0) is 16.9. The van der Waals surface area contributed by atoms with Crippen molar-refractivity contribution in [1.82, 2.24) is 13.7 Å². The van der Waals surface area contributed by atoms with Crippen LogP contribution in [0.2, 0.25) is 25.7 Å². The molecule has 0 aliphatic heterocycles. The van der Waals surface area contributed by atoms with Crippen LogP contribution < -0.4 is 17.1 Å². The molecular formula is C15H25N3O3Si. The van der Waals surface area contributed by atoms with Crippen molar-refractivity contribution in [1.29, 1.82) is 0 Å². The third kappa shape index (κ3) is 4.30. The third-order valence-electron chi connectivity index (χ3n) is 3.32. The molecule has 0 unspecified atom stereocenters. The maximum atomic E-state index is 12.4. The van der Waals surface area contributed by atoms with Crippen LogP contribution in [-0.4, -0.2) is 21.8 Å². The van der Waals surface area contributed by atoms with Crippen LogP contribution in [0.3, 0.4) is 0 Å². The second-order valence-electron chi connectivity index (χ2n) is 6.46. The van der Waals surface area contributed by atoms with Crippen molar-refractivity contribution in [3.8, 4) is 0 Å². The summed E-state index contributed by atoms with van der Waals surface area (Å²) in [6, 6.07) is 1.01. The van der Waals surface area contributed by atoms with Crippen LogP contribution in [0.15, 0.2) is 39.7 Å². The minimum atomic E-state index is -1.24. The highest BCUT2D eigenvalue weighted by Crippen LogP contribution is 2.10. The summed E-state index contributed by atoms with van der Waals surface area (Å²) in [4.78, 5) is 36.9. The topological polar surface area (TPSA) is 66.0 Å². The summed E-state index contributed by atoms with van der Waals surface area (Å²) in [6.45, 7) is 14.3. The van der Waals surface area contributed by atoms with Gasteiger partial charge in [0.05, 0.1) is 13.1 Å². The normalized spacial score (nSPS) is 11.4. The summed E-state index contributed by atoms with van der Waals surface area (Å²) in [5.41, 5.74) is -1.74. The van der Waals surface area contributed by atoms with Gasteiger partial charge in [0.2, 0.25) is 0 Å². The molecule has 0 aromatic carbocycles. The Bertz CT molecular complexity index is 671. The van der Waals surface area contributed by atoms with E-state index in [2.05, 4.69) is 32.8 Å².